The fraction of sp³-hybridized carbons (Fsp3) is 1.00. The molecule has 13 heavy (non-hydrogen) atoms. The van der Waals surface area contributed by atoms with Crippen LogP contribution in [0.2, 0.25) is 0 Å². The summed E-state index contributed by atoms with van der Waals surface area (Å²) in [6.45, 7) is 7.58. The van der Waals surface area contributed by atoms with Crippen LogP contribution in [0.5, 0.6) is 0 Å². The van der Waals surface area contributed by atoms with Crippen LogP contribution < -0.4 is 5.32 Å². The molecule has 1 unspecified atom stereocenters. The van der Waals surface area contributed by atoms with Crippen LogP contribution in [-0.4, -0.2) is 18.4 Å². The molecule has 78 valence electrons. The largest absolute Gasteiger partial charge is 0.361 e. The van der Waals surface area contributed by atoms with Crippen LogP contribution in [-0.2, 0) is 4.74 Å². The zero-order chi connectivity index (χ0) is 9.73. The minimum absolute atomic E-state index is 0.0158. The second-order valence-corrected chi connectivity index (χ2v) is 3.97. The minimum atomic E-state index is -0.0158. The quantitative estimate of drug-likeness (QED) is 0.727. The molecule has 0 amide bonds. The van der Waals surface area contributed by atoms with Gasteiger partial charge >= 0.3 is 0 Å². The van der Waals surface area contributed by atoms with Crippen LogP contribution in [0.3, 0.4) is 0 Å². The zero-order valence-corrected chi connectivity index (χ0v) is 9.23. The highest BCUT2D eigenvalue weighted by Crippen LogP contribution is 2.24. The third kappa shape index (κ3) is 2.68. The van der Waals surface area contributed by atoms with Crippen molar-refractivity contribution < 1.29 is 4.74 Å². The molecule has 0 aliphatic carbocycles. The molecule has 0 saturated carbocycles. The average molecular weight is 185 g/mol. The van der Waals surface area contributed by atoms with Gasteiger partial charge in [-0.3, -0.25) is 5.32 Å². The summed E-state index contributed by atoms with van der Waals surface area (Å²) < 4.78 is 5.83. The Balaban J connectivity index is 2.48. The zero-order valence-electron chi connectivity index (χ0n) is 9.23. The van der Waals surface area contributed by atoms with E-state index < -0.39 is 0 Å². The van der Waals surface area contributed by atoms with Crippen molar-refractivity contribution in [2.75, 3.05) is 6.61 Å². The van der Waals surface area contributed by atoms with Crippen molar-refractivity contribution in [1.29, 1.82) is 0 Å². The van der Waals surface area contributed by atoms with Crippen molar-refractivity contribution in [2.24, 2.45) is 0 Å². The molecule has 1 fully saturated rings. The Morgan fingerprint density at radius 1 is 1.31 bits per heavy atom. The monoisotopic (exact) mass is 185 g/mol. The number of hydrogen-bond donors (Lipinski definition) is 1. The second kappa shape index (κ2) is 4.97. The summed E-state index contributed by atoms with van der Waals surface area (Å²) in [4.78, 5) is 0. The first-order valence-corrected chi connectivity index (χ1v) is 5.68. The van der Waals surface area contributed by atoms with Crippen molar-refractivity contribution in [3.05, 3.63) is 0 Å². The summed E-state index contributed by atoms with van der Waals surface area (Å²) in [5.41, 5.74) is -0.0158. The second-order valence-electron chi connectivity index (χ2n) is 3.97. The van der Waals surface area contributed by atoms with Gasteiger partial charge in [-0.05, 0) is 25.7 Å². The lowest BCUT2D eigenvalue weighted by Gasteiger charge is -2.41. The van der Waals surface area contributed by atoms with Crippen molar-refractivity contribution in [2.45, 2.75) is 64.6 Å². The molecule has 1 aliphatic rings. The third-order valence-electron chi connectivity index (χ3n) is 3.09. The molecular formula is C11H23NO. The van der Waals surface area contributed by atoms with Gasteiger partial charge in [-0.2, -0.15) is 0 Å². The summed E-state index contributed by atoms with van der Waals surface area (Å²) in [7, 11) is 0. The Kier molecular flexibility index (Phi) is 4.20. The Morgan fingerprint density at radius 2 is 2.00 bits per heavy atom. The van der Waals surface area contributed by atoms with Gasteiger partial charge in [0.15, 0.2) is 0 Å². The molecule has 1 rings (SSSR count). The van der Waals surface area contributed by atoms with Crippen molar-refractivity contribution >= 4 is 0 Å². The van der Waals surface area contributed by atoms with Crippen LogP contribution >= 0.6 is 0 Å². The fourth-order valence-corrected chi connectivity index (χ4v) is 2.11. The number of ether oxygens (including phenoxy) is 1. The van der Waals surface area contributed by atoms with Crippen LogP contribution in [0.1, 0.15) is 52.9 Å². The normalized spacial score (nSPS) is 27.5. The molecule has 0 aromatic heterocycles. The Morgan fingerprint density at radius 3 is 2.54 bits per heavy atom. The minimum Gasteiger partial charge on any atom is -0.361 e. The fourth-order valence-electron chi connectivity index (χ4n) is 2.11. The van der Waals surface area contributed by atoms with E-state index in [9.17, 15) is 0 Å². The van der Waals surface area contributed by atoms with Gasteiger partial charge in [-0.1, -0.05) is 27.2 Å². The third-order valence-corrected chi connectivity index (χ3v) is 3.09. The van der Waals surface area contributed by atoms with Gasteiger partial charge in [0.25, 0.3) is 0 Å². The molecular weight excluding hydrogens is 162 g/mol. The Hall–Kier alpha value is -0.0800. The molecule has 2 heteroatoms. The first-order chi connectivity index (χ1) is 6.26. The number of nitrogens with one attached hydrogen (secondary N) is 1. The Bertz CT molecular complexity index is 141. The molecule has 0 aromatic carbocycles. The van der Waals surface area contributed by atoms with E-state index >= 15 is 0 Å². The predicted molar refractivity (Wildman–Crippen MR) is 55.7 cm³/mol. The summed E-state index contributed by atoms with van der Waals surface area (Å²) in [6.07, 6.45) is 5.87. The molecule has 0 bridgehead atoms. The predicted octanol–water partition coefficient (Wildman–Crippen LogP) is 2.68. The van der Waals surface area contributed by atoms with Crippen LogP contribution in [0, 0.1) is 0 Å². The van der Waals surface area contributed by atoms with Gasteiger partial charge in [0, 0.05) is 6.04 Å². The standard InChI is InChI=1S/C11H23NO/c1-4-7-10-8-9-13-11(5-2,6-3)12-10/h10,12H,4-9H2,1-3H3. The molecule has 1 N–H and O–H groups in total. The highest BCUT2D eigenvalue weighted by Gasteiger charge is 2.32. The van der Waals surface area contributed by atoms with E-state index in [4.69, 9.17) is 4.74 Å². The van der Waals surface area contributed by atoms with Crippen molar-refractivity contribution in [1.82, 2.24) is 5.32 Å². The highest BCUT2D eigenvalue weighted by molar-refractivity contribution is 4.84. The van der Waals surface area contributed by atoms with Gasteiger partial charge < -0.3 is 4.74 Å². The maximum Gasteiger partial charge on any atom is 0.118 e. The van der Waals surface area contributed by atoms with Gasteiger partial charge in [-0.25, -0.2) is 0 Å². The van der Waals surface area contributed by atoms with E-state index in [1.165, 1.54) is 19.3 Å². The van der Waals surface area contributed by atoms with Crippen LogP contribution in [0.4, 0.5) is 0 Å². The van der Waals surface area contributed by atoms with Crippen molar-refractivity contribution in [3.8, 4) is 0 Å². The summed E-state index contributed by atoms with van der Waals surface area (Å²) in [6, 6.07) is 0.679. The van der Waals surface area contributed by atoms with Crippen molar-refractivity contribution in [3.63, 3.8) is 0 Å². The molecule has 2 nitrogen and oxygen atoms in total. The lowest BCUT2D eigenvalue weighted by molar-refractivity contribution is -0.115. The van der Waals surface area contributed by atoms with E-state index in [0.29, 0.717) is 6.04 Å². The summed E-state index contributed by atoms with van der Waals surface area (Å²) >= 11 is 0. The first kappa shape index (κ1) is 11.0. The SMILES string of the molecule is CCCC1CCOC(CC)(CC)N1. The van der Waals surface area contributed by atoms with Gasteiger partial charge in [0.2, 0.25) is 0 Å². The maximum absolute atomic E-state index is 5.83. The van der Waals surface area contributed by atoms with Gasteiger partial charge in [0.1, 0.15) is 5.72 Å². The summed E-state index contributed by atoms with van der Waals surface area (Å²) in [5.74, 6) is 0. The molecule has 1 heterocycles. The number of rotatable bonds is 4. The van der Waals surface area contributed by atoms with Crippen LogP contribution in [0.15, 0.2) is 0 Å². The molecule has 1 atom stereocenters. The molecule has 1 aliphatic heterocycles. The topological polar surface area (TPSA) is 21.3 Å². The average Bonchev–Trinajstić information content (AvgIpc) is 2.19. The number of hydrogen-bond acceptors (Lipinski definition) is 2. The van der Waals surface area contributed by atoms with E-state index in [1.807, 2.05) is 0 Å². The van der Waals surface area contributed by atoms with Gasteiger partial charge in [-0.15, -0.1) is 0 Å². The molecule has 0 spiro atoms. The van der Waals surface area contributed by atoms with E-state index in [2.05, 4.69) is 26.1 Å². The maximum atomic E-state index is 5.83. The first-order valence-electron chi connectivity index (χ1n) is 5.68. The highest BCUT2D eigenvalue weighted by atomic mass is 16.5. The van der Waals surface area contributed by atoms with Crippen LogP contribution in [0.25, 0.3) is 0 Å². The Labute approximate surface area is 82.0 Å². The molecule has 0 radical (unpaired) electrons. The summed E-state index contributed by atoms with van der Waals surface area (Å²) in [5, 5.41) is 3.64. The van der Waals surface area contributed by atoms with E-state index in [1.54, 1.807) is 0 Å². The molecule has 1 saturated heterocycles. The molecule has 0 aromatic rings. The lowest BCUT2D eigenvalue weighted by atomic mass is 9.99. The smallest absolute Gasteiger partial charge is 0.118 e. The van der Waals surface area contributed by atoms with Gasteiger partial charge in [0.05, 0.1) is 6.61 Å². The van der Waals surface area contributed by atoms with E-state index in [0.717, 1.165) is 19.4 Å². The lowest BCUT2D eigenvalue weighted by Crippen LogP contribution is -2.55. The van der Waals surface area contributed by atoms with E-state index in [-0.39, 0.29) is 5.72 Å².